The van der Waals surface area contributed by atoms with Crippen molar-refractivity contribution in [2.75, 3.05) is 31.1 Å². The summed E-state index contributed by atoms with van der Waals surface area (Å²) >= 11 is 0. The minimum Gasteiger partial charge on any atom is -0.352 e. The summed E-state index contributed by atoms with van der Waals surface area (Å²) in [5.74, 6) is 1.15. The Morgan fingerprint density at radius 2 is 1.65 bits per heavy atom. The van der Waals surface area contributed by atoms with Crippen molar-refractivity contribution >= 4 is 11.7 Å². The zero-order valence-corrected chi connectivity index (χ0v) is 15.5. The minimum atomic E-state index is -0.150. The predicted molar refractivity (Wildman–Crippen MR) is 103 cm³/mol. The first kappa shape index (κ1) is 18.2. The molecule has 3 rings (SSSR count). The molecule has 2 aromatic rings. The highest BCUT2D eigenvalue weighted by Gasteiger charge is 2.26. The molecule has 2 heterocycles. The highest BCUT2D eigenvalue weighted by molar-refractivity contribution is 5.79. The van der Waals surface area contributed by atoms with Crippen LogP contribution in [0.2, 0.25) is 0 Å². The average molecular weight is 354 g/mol. The Morgan fingerprint density at radius 1 is 1.00 bits per heavy atom. The molecule has 0 bridgehead atoms. The van der Waals surface area contributed by atoms with Crippen LogP contribution >= 0.6 is 0 Å². The summed E-state index contributed by atoms with van der Waals surface area (Å²) in [4.78, 5) is 28.8. The van der Waals surface area contributed by atoms with Gasteiger partial charge in [-0.1, -0.05) is 32.0 Å². The molecule has 138 valence electrons. The molecule has 1 aliphatic rings. The quantitative estimate of drug-likeness (QED) is 0.827. The van der Waals surface area contributed by atoms with Gasteiger partial charge in [0.2, 0.25) is 5.91 Å². The third-order valence-corrected chi connectivity index (χ3v) is 5.04. The van der Waals surface area contributed by atoms with E-state index in [1.165, 1.54) is 4.68 Å². The lowest BCUT2D eigenvalue weighted by Gasteiger charge is -2.36. The van der Waals surface area contributed by atoms with Crippen molar-refractivity contribution in [3.05, 3.63) is 52.8 Å². The van der Waals surface area contributed by atoms with Crippen LogP contribution in [0.3, 0.4) is 0 Å². The SMILES string of the molecule is CCC(CC)C(=O)N1CCN(c2ccc(=O)n(-c3ccccc3)n2)CC1. The molecule has 1 aromatic carbocycles. The van der Waals surface area contributed by atoms with E-state index in [0.717, 1.165) is 37.4 Å². The third-order valence-electron chi connectivity index (χ3n) is 5.04. The molecule has 0 N–H and O–H groups in total. The van der Waals surface area contributed by atoms with E-state index in [1.54, 1.807) is 12.1 Å². The fourth-order valence-electron chi connectivity index (χ4n) is 3.38. The lowest BCUT2D eigenvalue weighted by molar-refractivity contribution is -0.136. The summed E-state index contributed by atoms with van der Waals surface area (Å²) in [6, 6.07) is 12.7. The van der Waals surface area contributed by atoms with Crippen molar-refractivity contribution in [2.45, 2.75) is 26.7 Å². The first-order valence-corrected chi connectivity index (χ1v) is 9.33. The standard InChI is InChI=1S/C20H26N4O2/c1-3-16(4-2)20(26)23-14-12-22(13-15-23)18-10-11-19(25)24(21-18)17-8-6-5-7-9-17/h5-11,16H,3-4,12-15H2,1-2H3. The summed E-state index contributed by atoms with van der Waals surface area (Å²) in [6.07, 6.45) is 1.78. The third kappa shape index (κ3) is 3.79. The highest BCUT2D eigenvalue weighted by Crippen LogP contribution is 2.17. The smallest absolute Gasteiger partial charge is 0.271 e. The Labute approximate surface area is 154 Å². The average Bonchev–Trinajstić information content (AvgIpc) is 2.70. The van der Waals surface area contributed by atoms with Gasteiger partial charge in [-0.2, -0.15) is 4.68 Å². The van der Waals surface area contributed by atoms with Gasteiger partial charge in [0.25, 0.3) is 5.56 Å². The maximum atomic E-state index is 12.5. The molecule has 1 aromatic heterocycles. The van der Waals surface area contributed by atoms with Crippen molar-refractivity contribution in [3.8, 4) is 5.69 Å². The van der Waals surface area contributed by atoms with E-state index >= 15 is 0 Å². The fourth-order valence-corrected chi connectivity index (χ4v) is 3.38. The van der Waals surface area contributed by atoms with Crippen molar-refractivity contribution in [2.24, 2.45) is 5.92 Å². The van der Waals surface area contributed by atoms with E-state index in [-0.39, 0.29) is 17.4 Å². The van der Waals surface area contributed by atoms with Crippen LogP contribution in [0.25, 0.3) is 5.69 Å². The summed E-state index contributed by atoms with van der Waals surface area (Å²) in [6.45, 7) is 6.98. The number of hydrogen-bond donors (Lipinski definition) is 0. The van der Waals surface area contributed by atoms with Gasteiger partial charge in [-0.15, -0.1) is 5.10 Å². The van der Waals surface area contributed by atoms with Crippen LogP contribution in [-0.2, 0) is 4.79 Å². The largest absolute Gasteiger partial charge is 0.352 e. The van der Waals surface area contributed by atoms with Gasteiger partial charge in [-0.05, 0) is 31.0 Å². The number of nitrogens with zero attached hydrogens (tertiary/aromatic N) is 4. The number of aromatic nitrogens is 2. The van der Waals surface area contributed by atoms with Gasteiger partial charge in [0.1, 0.15) is 5.82 Å². The lowest BCUT2D eigenvalue weighted by atomic mass is 10.0. The predicted octanol–water partition coefficient (Wildman–Crippen LogP) is 2.32. The van der Waals surface area contributed by atoms with Crippen molar-refractivity contribution < 1.29 is 4.79 Å². The van der Waals surface area contributed by atoms with Gasteiger partial charge in [0.15, 0.2) is 0 Å². The van der Waals surface area contributed by atoms with E-state index in [1.807, 2.05) is 35.2 Å². The van der Waals surface area contributed by atoms with Crippen LogP contribution in [0.5, 0.6) is 0 Å². The van der Waals surface area contributed by atoms with Gasteiger partial charge < -0.3 is 9.80 Å². The molecule has 6 heteroatoms. The molecule has 26 heavy (non-hydrogen) atoms. The number of hydrogen-bond acceptors (Lipinski definition) is 4. The summed E-state index contributed by atoms with van der Waals surface area (Å²) in [5.41, 5.74) is 0.601. The Balaban J connectivity index is 1.72. The molecule has 0 saturated carbocycles. The zero-order chi connectivity index (χ0) is 18.5. The summed E-state index contributed by atoms with van der Waals surface area (Å²) < 4.78 is 1.43. The topological polar surface area (TPSA) is 58.4 Å². The number of carbonyl (C=O) groups is 1. The summed E-state index contributed by atoms with van der Waals surface area (Å²) in [7, 11) is 0. The Bertz CT molecular complexity index is 791. The Morgan fingerprint density at radius 3 is 2.27 bits per heavy atom. The molecule has 0 radical (unpaired) electrons. The molecule has 6 nitrogen and oxygen atoms in total. The number of carbonyl (C=O) groups excluding carboxylic acids is 1. The van der Waals surface area contributed by atoms with Gasteiger partial charge in [-0.25, -0.2) is 0 Å². The number of rotatable bonds is 5. The lowest BCUT2D eigenvalue weighted by Crippen LogP contribution is -2.50. The molecular weight excluding hydrogens is 328 g/mol. The van der Waals surface area contributed by atoms with Crippen LogP contribution in [-0.4, -0.2) is 46.8 Å². The highest BCUT2D eigenvalue weighted by atomic mass is 16.2. The monoisotopic (exact) mass is 354 g/mol. The number of piperazine rings is 1. The van der Waals surface area contributed by atoms with E-state index in [0.29, 0.717) is 13.1 Å². The number of anilines is 1. The second kappa shape index (κ2) is 8.17. The first-order valence-electron chi connectivity index (χ1n) is 9.33. The van der Waals surface area contributed by atoms with Crippen LogP contribution < -0.4 is 10.5 Å². The Hall–Kier alpha value is -2.63. The van der Waals surface area contributed by atoms with Crippen molar-refractivity contribution in [1.29, 1.82) is 0 Å². The molecule has 1 amide bonds. The summed E-state index contributed by atoms with van der Waals surface area (Å²) in [5, 5.41) is 4.53. The maximum absolute atomic E-state index is 12.5. The molecule has 1 fully saturated rings. The fraction of sp³-hybridized carbons (Fsp3) is 0.450. The molecule has 0 unspecified atom stereocenters. The molecule has 1 aliphatic heterocycles. The maximum Gasteiger partial charge on any atom is 0.271 e. The van der Waals surface area contributed by atoms with Crippen LogP contribution in [0, 0.1) is 5.92 Å². The van der Waals surface area contributed by atoms with Gasteiger partial charge >= 0.3 is 0 Å². The number of amides is 1. The van der Waals surface area contributed by atoms with E-state index < -0.39 is 0 Å². The van der Waals surface area contributed by atoms with Crippen LogP contribution in [0.1, 0.15) is 26.7 Å². The molecule has 0 atom stereocenters. The van der Waals surface area contributed by atoms with Gasteiger partial charge in [0, 0.05) is 38.2 Å². The minimum absolute atomic E-state index is 0.125. The van der Waals surface area contributed by atoms with E-state index in [9.17, 15) is 9.59 Å². The zero-order valence-electron chi connectivity index (χ0n) is 15.5. The number of para-hydroxylation sites is 1. The first-order chi connectivity index (χ1) is 12.6. The van der Waals surface area contributed by atoms with Gasteiger partial charge in [-0.3, -0.25) is 9.59 Å². The molecular formula is C20H26N4O2. The van der Waals surface area contributed by atoms with Crippen molar-refractivity contribution in [1.82, 2.24) is 14.7 Å². The van der Waals surface area contributed by atoms with E-state index in [2.05, 4.69) is 23.8 Å². The van der Waals surface area contributed by atoms with E-state index in [4.69, 9.17) is 0 Å². The van der Waals surface area contributed by atoms with Crippen LogP contribution in [0.15, 0.2) is 47.3 Å². The Kier molecular flexibility index (Phi) is 5.71. The van der Waals surface area contributed by atoms with Crippen molar-refractivity contribution in [3.63, 3.8) is 0 Å². The molecule has 1 saturated heterocycles. The van der Waals surface area contributed by atoms with Gasteiger partial charge in [0.05, 0.1) is 5.69 Å². The second-order valence-electron chi connectivity index (χ2n) is 6.60. The van der Waals surface area contributed by atoms with Crippen LogP contribution in [0.4, 0.5) is 5.82 Å². The molecule has 0 spiro atoms. The normalized spacial score (nSPS) is 14.7. The second-order valence-corrected chi connectivity index (χ2v) is 6.60. The number of benzene rings is 1. The molecule has 0 aliphatic carbocycles.